The predicted octanol–water partition coefficient (Wildman–Crippen LogP) is 2.74. The molecule has 0 radical (unpaired) electrons. The van der Waals surface area contributed by atoms with E-state index in [0.717, 1.165) is 11.4 Å². The number of hydrogen-bond acceptors (Lipinski definition) is 1. The Hall–Kier alpha value is -1.31. The van der Waals surface area contributed by atoms with Gasteiger partial charge in [-0.1, -0.05) is 32.6 Å². The number of aryl methyl sites for hydroxylation is 1. The number of hydrogen-bond donors (Lipinski definition) is 0. The van der Waals surface area contributed by atoms with Crippen LogP contribution in [0.4, 0.5) is 0 Å². The Labute approximate surface area is 79.6 Å². The Balaban J connectivity index is 2.96. The van der Waals surface area contributed by atoms with E-state index >= 15 is 0 Å². The fraction of sp³-hybridized carbons (Fsp3) is 0.364. The minimum Gasteiger partial charge on any atom is -0.268 e. The highest BCUT2D eigenvalue weighted by Crippen LogP contribution is 2.14. The van der Waals surface area contributed by atoms with Crippen LogP contribution >= 0.6 is 0 Å². The van der Waals surface area contributed by atoms with Gasteiger partial charge in [-0.3, -0.25) is 4.68 Å². The monoisotopic (exact) mass is 176 g/mol. The molecule has 1 aromatic rings. The fourth-order valence-electron chi connectivity index (χ4n) is 1.11. The number of rotatable bonds is 3. The van der Waals surface area contributed by atoms with Gasteiger partial charge in [0.1, 0.15) is 0 Å². The highest BCUT2D eigenvalue weighted by molar-refractivity contribution is 5.47. The topological polar surface area (TPSA) is 17.8 Å². The van der Waals surface area contributed by atoms with Gasteiger partial charge in [-0.2, -0.15) is 5.10 Å². The largest absolute Gasteiger partial charge is 0.268 e. The first-order valence-electron chi connectivity index (χ1n) is 4.48. The summed E-state index contributed by atoms with van der Waals surface area (Å²) in [5.41, 5.74) is 2.25. The summed E-state index contributed by atoms with van der Waals surface area (Å²) < 4.78 is 1.88. The molecule has 0 N–H and O–H groups in total. The summed E-state index contributed by atoms with van der Waals surface area (Å²) in [6.07, 6.45) is 5.69. The van der Waals surface area contributed by atoms with Gasteiger partial charge in [0.2, 0.25) is 0 Å². The zero-order chi connectivity index (χ0) is 9.84. The summed E-state index contributed by atoms with van der Waals surface area (Å²) in [7, 11) is 1.95. The second-order valence-corrected chi connectivity index (χ2v) is 3.37. The van der Waals surface area contributed by atoms with Gasteiger partial charge in [-0.15, -0.1) is 0 Å². The van der Waals surface area contributed by atoms with Crippen molar-refractivity contribution in [1.29, 1.82) is 0 Å². The molecule has 0 aliphatic carbocycles. The molecular formula is C11H16N2. The van der Waals surface area contributed by atoms with E-state index in [1.54, 1.807) is 6.08 Å². The maximum Gasteiger partial charge on any atom is 0.0656 e. The van der Waals surface area contributed by atoms with Gasteiger partial charge in [-0.05, 0) is 18.1 Å². The van der Waals surface area contributed by atoms with Gasteiger partial charge in [0, 0.05) is 7.05 Å². The third-order valence-electron chi connectivity index (χ3n) is 1.93. The zero-order valence-corrected chi connectivity index (χ0v) is 8.49. The highest BCUT2D eigenvalue weighted by Gasteiger charge is 2.05. The quantitative estimate of drug-likeness (QED) is 0.647. The lowest BCUT2D eigenvalue weighted by atomic mass is 10.1. The van der Waals surface area contributed by atoms with Crippen molar-refractivity contribution in [3.63, 3.8) is 0 Å². The van der Waals surface area contributed by atoms with Crippen LogP contribution in [0, 0.1) is 0 Å². The Morgan fingerprint density at radius 1 is 1.54 bits per heavy atom. The predicted molar refractivity (Wildman–Crippen MR) is 56.5 cm³/mol. The van der Waals surface area contributed by atoms with Crippen LogP contribution in [0.1, 0.15) is 31.2 Å². The van der Waals surface area contributed by atoms with Crippen molar-refractivity contribution in [2.45, 2.75) is 19.8 Å². The maximum absolute atomic E-state index is 4.39. The van der Waals surface area contributed by atoms with Gasteiger partial charge in [0.25, 0.3) is 0 Å². The van der Waals surface area contributed by atoms with Crippen LogP contribution in [0.15, 0.2) is 24.8 Å². The molecule has 0 amide bonds. The maximum atomic E-state index is 4.39. The first kappa shape index (κ1) is 9.78. The molecule has 2 nitrogen and oxygen atoms in total. The zero-order valence-electron chi connectivity index (χ0n) is 8.49. The lowest BCUT2D eigenvalue weighted by Gasteiger charge is -1.95. The first-order chi connectivity index (χ1) is 6.15. The molecule has 0 aliphatic rings. The summed E-state index contributed by atoms with van der Waals surface area (Å²) in [5, 5.41) is 4.39. The van der Waals surface area contributed by atoms with Gasteiger partial charge in [0.05, 0.1) is 11.4 Å². The van der Waals surface area contributed by atoms with Gasteiger partial charge < -0.3 is 0 Å². The van der Waals surface area contributed by atoms with Crippen LogP contribution < -0.4 is 0 Å². The third kappa shape index (κ3) is 2.31. The van der Waals surface area contributed by atoms with E-state index < -0.39 is 0 Å². The minimum absolute atomic E-state index is 0.483. The van der Waals surface area contributed by atoms with Crippen molar-refractivity contribution in [3.05, 3.63) is 36.2 Å². The second-order valence-electron chi connectivity index (χ2n) is 3.37. The molecule has 0 bridgehead atoms. The van der Waals surface area contributed by atoms with Crippen LogP contribution in [0.2, 0.25) is 0 Å². The Morgan fingerprint density at radius 2 is 2.23 bits per heavy atom. The molecule has 0 fully saturated rings. The van der Waals surface area contributed by atoms with Crippen molar-refractivity contribution in [2.75, 3.05) is 0 Å². The summed E-state index contributed by atoms with van der Waals surface area (Å²) >= 11 is 0. The molecule has 0 aromatic carbocycles. The smallest absolute Gasteiger partial charge is 0.0656 e. The lowest BCUT2D eigenvalue weighted by Crippen LogP contribution is -1.94. The average molecular weight is 176 g/mol. The van der Waals surface area contributed by atoms with E-state index in [1.165, 1.54) is 0 Å². The molecule has 0 spiro atoms. The molecule has 1 heterocycles. The van der Waals surface area contributed by atoms with Gasteiger partial charge >= 0.3 is 0 Å². The Kier molecular flexibility index (Phi) is 3.07. The average Bonchev–Trinajstić information content (AvgIpc) is 2.44. The van der Waals surface area contributed by atoms with E-state index in [4.69, 9.17) is 0 Å². The molecule has 0 aliphatic heterocycles. The number of nitrogens with zero attached hydrogens (tertiary/aromatic N) is 2. The standard InChI is InChI=1S/C11H16N2/c1-5-6-7-10-8-11(9(2)3)12-13(10)4/h5-9H,1H2,2-4H3/b7-6-. The van der Waals surface area contributed by atoms with Crippen LogP contribution in [-0.2, 0) is 7.05 Å². The van der Waals surface area contributed by atoms with E-state index in [1.807, 2.05) is 23.9 Å². The molecule has 0 saturated heterocycles. The Bertz CT molecular complexity index is 319. The summed E-state index contributed by atoms with van der Waals surface area (Å²) in [6, 6.07) is 2.10. The highest BCUT2D eigenvalue weighted by atomic mass is 15.3. The Morgan fingerprint density at radius 3 is 2.69 bits per heavy atom. The van der Waals surface area contributed by atoms with E-state index in [0.29, 0.717) is 5.92 Å². The molecule has 0 atom stereocenters. The summed E-state index contributed by atoms with van der Waals surface area (Å²) in [5.74, 6) is 0.483. The number of aromatic nitrogens is 2. The molecule has 0 unspecified atom stereocenters. The molecule has 70 valence electrons. The first-order valence-corrected chi connectivity index (χ1v) is 4.48. The molecule has 13 heavy (non-hydrogen) atoms. The van der Waals surface area contributed by atoms with Crippen LogP contribution in [0.3, 0.4) is 0 Å². The van der Waals surface area contributed by atoms with Crippen molar-refractivity contribution in [3.8, 4) is 0 Å². The second kappa shape index (κ2) is 4.08. The molecule has 1 aromatic heterocycles. The van der Waals surface area contributed by atoms with Crippen molar-refractivity contribution >= 4 is 6.08 Å². The van der Waals surface area contributed by atoms with Crippen LogP contribution in [0.5, 0.6) is 0 Å². The van der Waals surface area contributed by atoms with E-state index in [2.05, 4.69) is 31.6 Å². The molecular weight excluding hydrogens is 160 g/mol. The van der Waals surface area contributed by atoms with Crippen LogP contribution in [0.25, 0.3) is 6.08 Å². The minimum atomic E-state index is 0.483. The normalized spacial score (nSPS) is 11.4. The summed E-state index contributed by atoms with van der Waals surface area (Å²) in [4.78, 5) is 0. The van der Waals surface area contributed by atoms with Crippen molar-refractivity contribution in [2.24, 2.45) is 7.05 Å². The van der Waals surface area contributed by atoms with E-state index in [9.17, 15) is 0 Å². The molecule has 1 rings (SSSR count). The molecule has 2 heteroatoms. The number of allylic oxidation sites excluding steroid dienone is 2. The van der Waals surface area contributed by atoms with Gasteiger partial charge in [-0.25, -0.2) is 0 Å². The summed E-state index contributed by atoms with van der Waals surface area (Å²) in [6.45, 7) is 7.92. The van der Waals surface area contributed by atoms with Crippen LogP contribution in [-0.4, -0.2) is 9.78 Å². The third-order valence-corrected chi connectivity index (χ3v) is 1.93. The molecule has 0 saturated carbocycles. The SMILES string of the molecule is C=C/C=C\c1cc(C(C)C)nn1C. The van der Waals surface area contributed by atoms with E-state index in [-0.39, 0.29) is 0 Å². The fourth-order valence-corrected chi connectivity index (χ4v) is 1.11. The van der Waals surface area contributed by atoms with Crippen molar-refractivity contribution < 1.29 is 0 Å². The van der Waals surface area contributed by atoms with Gasteiger partial charge in [0.15, 0.2) is 0 Å². The van der Waals surface area contributed by atoms with Crippen molar-refractivity contribution in [1.82, 2.24) is 9.78 Å². The lowest BCUT2D eigenvalue weighted by molar-refractivity contribution is 0.709.